The van der Waals surface area contributed by atoms with E-state index in [4.69, 9.17) is 16.6 Å². The molecule has 5 nitrogen and oxygen atoms in total. The first-order valence-corrected chi connectivity index (χ1v) is 10.2. The summed E-state index contributed by atoms with van der Waals surface area (Å²) in [5, 5.41) is 14.3. The number of phenolic OH excluding ortho intramolecular Hbond substituents is 1. The molecule has 0 unspecified atom stereocenters. The second-order valence-electron chi connectivity index (χ2n) is 7.19. The number of rotatable bonds is 4. The third kappa shape index (κ3) is 3.53. The molecule has 4 aromatic rings. The molecule has 2 atom stereocenters. The van der Waals surface area contributed by atoms with Gasteiger partial charge in [0.15, 0.2) is 5.11 Å². The summed E-state index contributed by atoms with van der Waals surface area (Å²) in [7, 11) is 0. The van der Waals surface area contributed by atoms with E-state index < -0.39 is 0 Å². The van der Waals surface area contributed by atoms with Crippen molar-refractivity contribution in [1.29, 1.82) is 0 Å². The summed E-state index contributed by atoms with van der Waals surface area (Å²) in [5.74, 6) is 1.07. The van der Waals surface area contributed by atoms with Crippen LogP contribution < -0.4 is 10.2 Å². The maximum absolute atomic E-state index is 13.3. The molecule has 5 rings (SSSR count). The van der Waals surface area contributed by atoms with Crippen LogP contribution in [0.1, 0.15) is 23.5 Å². The van der Waals surface area contributed by atoms with Crippen LogP contribution in [0, 0.1) is 5.82 Å². The van der Waals surface area contributed by atoms with E-state index in [-0.39, 0.29) is 23.7 Å². The molecule has 2 aromatic heterocycles. The van der Waals surface area contributed by atoms with Crippen LogP contribution in [0.15, 0.2) is 89.5 Å². The lowest BCUT2D eigenvalue weighted by Crippen LogP contribution is -2.29. The van der Waals surface area contributed by atoms with Gasteiger partial charge in [-0.1, -0.05) is 18.2 Å². The fraction of sp³-hybridized carbons (Fsp3) is 0.0833. The fourth-order valence-corrected chi connectivity index (χ4v) is 4.19. The average Bonchev–Trinajstić information content (AvgIpc) is 3.40. The largest absolute Gasteiger partial charge is 0.506 e. The molecule has 31 heavy (non-hydrogen) atoms. The summed E-state index contributed by atoms with van der Waals surface area (Å²) >= 11 is 5.64. The number of aromatic nitrogens is 1. The van der Waals surface area contributed by atoms with Gasteiger partial charge < -0.3 is 19.7 Å². The van der Waals surface area contributed by atoms with E-state index in [0.717, 1.165) is 11.3 Å². The predicted molar refractivity (Wildman–Crippen MR) is 120 cm³/mol. The molecule has 2 N–H and O–H groups in total. The van der Waals surface area contributed by atoms with Crippen LogP contribution >= 0.6 is 12.2 Å². The van der Waals surface area contributed by atoms with E-state index in [1.807, 2.05) is 41.3 Å². The van der Waals surface area contributed by atoms with Crippen molar-refractivity contribution >= 4 is 23.0 Å². The molecule has 0 spiro atoms. The van der Waals surface area contributed by atoms with Gasteiger partial charge in [0.25, 0.3) is 0 Å². The molecule has 1 aliphatic rings. The first-order valence-electron chi connectivity index (χ1n) is 9.76. The number of para-hydroxylation sites is 2. The minimum absolute atomic E-state index is 0.114. The summed E-state index contributed by atoms with van der Waals surface area (Å²) in [6.07, 6.45) is 1.73. The number of halogens is 1. The van der Waals surface area contributed by atoms with Crippen LogP contribution in [-0.2, 0) is 0 Å². The van der Waals surface area contributed by atoms with Gasteiger partial charge in [0.05, 0.1) is 17.4 Å². The van der Waals surface area contributed by atoms with E-state index in [1.54, 1.807) is 36.5 Å². The molecule has 1 fully saturated rings. The van der Waals surface area contributed by atoms with Crippen molar-refractivity contribution in [3.05, 3.63) is 102 Å². The van der Waals surface area contributed by atoms with E-state index in [1.165, 1.54) is 12.1 Å². The van der Waals surface area contributed by atoms with Crippen LogP contribution in [0.4, 0.5) is 10.1 Å². The van der Waals surface area contributed by atoms with Gasteiger partial charge in [-0.05, 0) is 72.9 Å². The molecule has 7 heteroatoms. The Morgan fingerprint density at radius 2 is 1.74 bits per heavy atom. The van der Waals surface area contributed by atoms with Crippen molar-refractivity contribution in [1.82, 2.24) is 10.3 Å². The molecule has 1 saturated heterocycles. The van der Waals surface area contributed by atoms with Gasteiger partial charge in [-0.2, -0.15) is 0 Å². The number of pyridine rings is 1. The van der Waals surface area contributed by atoms with Crippen LogP contribution in [0.25, 0.3) is 11.3 Å². The van der Waals surface area contributed by atoms with Gasteiger partial charge >= 0.3 is 0 Å². The van der Waals surface area contributed by atoms with Crippen molar-refractivity contribution in [3.8, 4) is 17.1 Å². The highest BCUT2D eigenvalue weighted by atomic mass is 32.1. The second-order valence-corrected chi connectivity index (χ2v) is 7.58. The van der Waals surface area contributed by atoms with E-state index in [2.05, 4.69) is 10.3 Å². The monoisotopic (exact) mass is 431 g/mol. The number of hydrogen-bond acceptors (Lipinski definition) is 4. The number of phenols is 1. The Hall–Kier alpha value is -3.71. The lowest BCUT2D eigenvalue weighted by atomic mass is 10.0. The van der Waals surface area contributed by atoms with Gasteiger partial charge in [0.1, 0.15) is 29.1 Å². The third-order valence-corrected chi connectivity index (χ3v) is 5.60. The third-order valence-electron chi connectivity index (χ3n) is 5.29. The maximum Gasteiger partial charge on any atom is 0.174 e. The molecule has 2 aromatic carbocycles. The minimum atomic E-state index is -0.384. The number of thiocarbonyl (C=S) groups is 1. The zero-order chi connectivity index (χ0) is 21.4. The highest BCUT2D eigenvalue weighted by Gasteiger charge is 2.43. The summed E-state index contributed by atoms with van der Waals surface area (Å²) < 4.78 is 19.5. The molecule has 0 saturated carbocycles. The topological polar surface area (TPSA) is 61.5 Å². The number of aromatic hydroxyl groups is 1. The van der Waals surface area contributed by atoms with Crippen molar-refractivity contribution in [2.24, 2.45) is 0 Å². The van der Waals surface area contributed by atoms with Gasteiger partial charge in [0, 0.05) is 11.8 Å². The molecule has 0 aliphatic carbocycles. The Morgan fingerprint density at radius 1 is 0.968 bits per heavy atom. The Labute approximate surface area is 183 Å². The summed E-state index contributed by atoms with van der Waals surface area (Å²) in [5.41, 5.74) is 2.14. The minimum Gasteiger partial charge on any atom is -0.506 e. The van der Waals surface area contributed by atoms with Gasteiger partial charge in [-0.15, -0.1) is 0 Å². The first kappa shape index (κ1) is 19.3. The number of benzene rings is 2. The molecule has 0 amide bonds. The quantitative estimate of drug-likeness (QED) is 0.424. The zero-order valence-electron chi connectivity index (χ0n) is 16.3. The maximum atomic E-state index is 13.3. The molecule has 0 radical (unpaired) electrons. The van der Waals surface area contributed by atoms with Crippen molar-refractivity contribution in [2.45, 2.75) is 12.1 Å². The van der Waals surface area contributed by atoms with Crippen molar-refractivity contribution in [3.63, 3.8) is 0 Å². The standard InChI is InChI=1S/C24H18FN3O2S/c25-16-10-8-15(9-11-16)20-12-13-21(30-20)23-22(17-5-3-4-14-26-17)27-24(31)28(23)18-6-1-2-7-19(18)29/h1-14,22-23,29H,(H,27,31)/t22-,23-/m0/s1. The van der Waals surface area contributed by atoms with E-state index in [9.17, 15) is 9.50 Å². The molecular formula is C24H18FN3O2S. The van der Waals surface area contributed by atoms with Gasteiger partial charge in [0.2, 0.25) is 0 Å². The lowest BCUT2D eigenvalue weighted by Gasteiger charge is -2.26. The summed E-state index contributed by atoms with van der Waals surface area (Å²) in [6, 6.07) is 21.9. The van der Waals surface area contributed by atoms with E-state index >= 15 is 0 Å². The normalized spacial score (nSPS) is 18.2. The van der Waals surface area contributed by atoms with Gasteiger partial charge in [-0.3, -0.25) is 4.98 Å². The fourth-order valence-electron chi connectivity index (χ4n) is 3.85. The smallest absolute Gasteiger partial charge is 0.174 e. The van der Waals surface area contributed by atoms with Crippen molar-refractivity contribution in [2.75, 3.05) is 4.90 Å². The summed E-state index contributed by atoms with van der Waals surface area (Å²) in [4.78, 5) is 6.35. The molecule has 0 bridgehead atoms. The molecular weight excluding hydrogens is 413 g/mol. The Bertz CT molecular complexity index is 1230. The summed E-state index contributed by atoms with van der Waals surface area (Å²) in [6.45, 7) is 0. The molecule has 1 aliphatic heterocycles. The van der Waals surface area contributed by atoms with E-state index in [0.29, 0.717) is 22.3 Å². The Morgan fingerprint density at radius 3 is 2.48 bits per heavy atom. The number of furan rings is 1. The van der Waals surface area contributed by atoms with Crippen LogP contribution in [0.3, 0.4) is 0 Å². The van der Waals surface area contributed by atoms with Crippen LogP contribution in [-0.4, -0.2) is 15.2 Å². The molecule has 3 heterocycles. The number of anilines is 1. The number of nitrogens with one attached hydrogen (secondary N) is 1. The molecule has 154 valence electrons. The number of hydrogen-bond donors (Lipinski definition) is 2. The second kappa shape index (κ2) is 7.85. The SMILES string of the molecule is Oc1ccccc1N1C(=S)N[C@@H](c2ccccn2)[C@@H]1c1ccc(-c2ccc(F)cc2)o1. The van der Waals surface area contributed by atoms with Crippen LogP contribution in [0.5, 0.6) is 5.75 Å². The lowest BCUT2D eigenvalue weighted by molar-refractivity contribution is 0.434. The highest BCUT2D eigenvalue weighted by molar-refractivity contribution is 7.80. The Kier molecular flexibility index (Phi) is 4.88. The predicted octanol–water partition coefficient (Wildman–Crippen LogP) is 5.36. The highest BCUT2D eigenvalue weighted by Crippen LogP contribution is 2.45. The zero-order valence-corrected chi connectivity index (χ0v) is 17.1. The Balaban J connectivity index is 1.61. The first-order chi connectivity index (χ1) is 15.1. The van der Waals surface area contributed by atoms with Gasteiger partial charge in [-0.25, -0.2) is 4.39 Å². The average molecular weight is 431 g/mol. The number of nitrogens with zero attached hydrogens (tertiary/aromatic N) is 2. The van der Waals surface area contributed by atoms with Crippen molar-refractivity contribution < 1.29 is 13.9 Å². The van der Waals surface area contributed by atoms with Crippen LogP contribution in [0.2, 0.25) is 0 Å².